The van der Waals surface area contributed by atoms with Crippen molar-refractivity contribution in [2.45, 2.75) is 26.0 Å². The lowest BCUT2D eigenvalue weighted by molar-refractivity contribution is 0.0904. The van der Waals surface area contributed by atoms with Crippen LogP contribution in [-0.4, -0.2) is 101 Å². The lowest BCUT2D eigenvalue weighted by Gasteiger charge is -2.36. The molecule has 1 saturated heterocycles. The van der Waals surface area contributed by atoms with Crippen molar-refractivity contribution < 1.29 is 13.2 Å². The quantitative estimate of drug-likeness (QED) is 0.277. The molecule has 1 aliphatic rings. The van der Waals surface area contributed by atoms with Crippen molar-refractivity contribution in [3.8, 4) is 0 Å². The monoisotopic (exact) mass is 573 g/mol. The first-order chi connectivity index (χ1) is 13.7. The minimum absolute atomic E-state index is 0. The molecule has 2 heterocycles. The maximum absolute atomic E-state index is 12.5. The first kappa shape index (κ1) is 27.6. The van der Waals surface area contributed by atoms with E-state index in [1.54, 1.807) is 22.7 Å². The average molecular weight is 574 g/mol. The van der Waals surface area contributed by atoms with Crippen LogP contribution in [0.4, 0.5) is 0 Å². The molecule has 0 radical (unpaired) electrons. The number of rotatable bonds is 9. The second-order valence-corrected chi connectivity index (χ2v) is 10.6. The summed E-state index contributed by atoms with van der Waals surface area (Å²) in [7, 11) is 2.62. The van der Waals surface area contributed by atoms with Crippen LogP contribution >= 0.6 is 35.3 Å². The number of nitrogens with zero attached hydrogens (tertiary/aromatic N) is 4. The lowest BCUT2D eigenvalue weighted by atomic mass is 10.2. The van der Waals surface area contributed by atoms with E-state index in [0.29, 0.717) is 26.2 Å². The molecule has 1 fully saturated rings. The number of likely N-dealkylation sites (N-methyl/N-ethyl adjacent to an activating group) is 1. The fourth-order valence-electron chi connectivity index (χ4n) is 3.24. The molecule has 30 heavy (non-hydrogen) atoms. The third-order valence-corrected chi connectivity index (χ3v) is 7.69. The maximum Gasteiger partial charge on any atom is 0.216 e. The number of halogens is 1. The number of guanidine groups is 1. The minimum atomic E-state index is -3.29. The van der Waals surface area contributed by atoms with Crippen LogP contribution in [0.5, 0.6) is 0 Å². The van der Waals surface area contributed by atoms with Gasteiger partial charge in [0.1, 0.15) is 0 Å². The van der Waals surface area contributed by atoms with Gasteiger partial charge in [0.25, 0.3) is 0 Å². The Kier molecular flexibility index (Phi) is 12.1. The summed E-state index contributed by atoms with van der Waals surface area (Å²) in [6.45, 7) is 6.96. The summed E-state index contributed by atoms with van der Waals surface area (Å²) < 4.78 is 32.0. The Balaban J connectivity index is 0.00000450. The van der Waals surface area contributed by atoms with E-state index >= 15 is 0 Å². The van der Waals surface area contributed by atoms with Gasteiger partial charge in [-0.3, -0.25) is 4.99 Å². The van der Waals surface area contributed by atoms with Crippen molar-refractivity contribution in [2.24, 2.45) is 4.99 Å². The number of aliphatic imine (C=N–C) groups is 1. The van der Waals surface area contributed by atoms with Crippen molar-refractivity contribution in [3.05, 3.63) is 22.4 Å². The molecule has 1 aliphatic heterocycles. The van der Waals surface area contributed by atoms with E-state index in [1.807, 2.05) is 13.8 Å². The van der Waals surface area contributed by atoms with Gasteiger partial charge < -0.3 is 19.9 Å². The van der Waals surface area contributed by atoms with Gasteiger partial charge in [0.15, 0.2) is 5.96 Å². The van der Waals surface area contributed by atoms with Gasteiger partial charge in [-0.05, 0) is 39.4 Å². The molecule has 0 spiro atoms. The molecule has 1 N–H and O–H groups in total. The molecule has 0 saturated carbocycles. The predicted molar refractivity (Wildman–Crippen MR) is 136 cm³/mol. The van der Waals surface area contributed by atoms with E-state index in [1.165, 1.54) is 4.88 Å². The molecule has 0 bridgehead atoms. The van der Waals surface area contributed by atoms with Crippen molar-refractivity contribution in [2.75, 3.05) is 66.2 Å². The zero-order chi connectivity index (χ0) is 21.4. The SMILES string of the molecule is CN=C(NCC(c1cccs1)N(C)C)N1CCN(S(=O)(=O)CCOC(C)C)CC1.I. The van der Waals surface area contributed by atoms with Gasteiger partial charge >= 0.3 is 0 Å². The lowest BCUT2D eigenvalue weighted by Crippen LogP contribution is -2.54. The molecule has 0 amide bonds. The molecule has 1 aromatic heterocycles. The molecule has 1 atom stereocenters. The Bertz CT molecular complexity index is 733. The second kappa shape index (κ2) is 13.2. The molecule has 1 aromatic rings. The number of piperazine rings is 1. The van der Waals surface area contributed by atoms with E-state index in [2.05, 4.69) is 51.7 Å². The number of hydrogen-bond donors (Lipinski definition) is 1. The molecule has 1 unspecified atom stereocenters. The standard InChI is InChI=1S/C19H35N5O3S2.HI/c1-16(2)27-12-14-29(25,26)24-10-8-23(9-11-24)19(20-3)21-15-17(22(4)5)18-7-6-13-28-18;/h6-7,13,16-17H,8-12,14-15H2,1-5H3,(H,20,21);1H. The van der Waals surface area contributed by atoms with Crippen LogP contribution < -0.4 is 5.32 Å². The van der Waals surface area contributed by atoms with Gasteiger partial charge in [-0.25, -0.2) is 8.42 Å². The van der Waals surface area contributed by atoms with E-state index < -0.39 is 10.0 Å². The molecule has 8 nitrogen and oxygen atoms in total. The van der Waals surface area contributed by atoms with Crippen LogP contribution in [0.2, 0.25) is 0 Å². The highest BCUT2D eigenvalue weighted by Crippen LogP contribution is 2.22. The predicted octanol–water partition coefficient (Wildman–Crippen LogP) is 1.92. The largest absolute Gasteiger partial charge is 0.378 e. The fourth-order valence-corrected chi connectivity index (χ4v) is 5.44. The maximum atomic E-state index is 12.5. The van der Waals surface area contributed by atoms with Crippen LogP contribution in [0.1, 0.15) is 24.8 Å². The molecular formula is C19H36IN5O3S2. The summed E-state index contributed by atoms with van der Waals surface area (Å²) in [4.78, 5) is 10.0. The Morgan fingerprint density at radius 3 is 2.47 bits per heavy atom. The van der Waals surface area contributed by atoms with Gasteiger partial charge in [0, 0.05) is 44.6 Å². The summed E-state index contributed by atoms with van der Waals surface area (Å²) in [5.74, 6) is 0.845. The molecule has 0 aliphatic carbocycles. The highest BCUT2D eigenvalue weighted by atomic mass is 127. The smallest absolute Gasteiger partial charge is 0.216 e. The van der Waals surface area contributed by atoms with Gasteiger partial charge in [0.05, 0.1) is 24.5 Å². The zero-order valence-corrected chi connectivity index (χ0v) is 22.5. The van der Waals surface area contributed by atoms with Crippen LogP contribution in [-0.2, 0) is 14.8 Å². The van der Waals surface area contributed by atoms with Crippen molar-refractivity contribution >= 4 is 51.3 Å². The minimum Gasteiger partial charge on any atom is -0.378 e. The number of hydrogen-bond acceptors (Lipinski definition) is 6. The summed E-state index contributed by atoms with van der Waals surface area (Å²) in [5, 5.41) is 5.55. The number of thiophene rings is 1. The summed E-state index contributed by atoms with van der Waals surface area (Å²) in [6, 6.07) is 4.47. The van der Waals surface area contributed by atoms with Crippen molar-refractivity contribution in [1.29, 1.82) is 0 Å². The first-order valence-corrected chi connectivity index (χ1v) is 12.5. The van der Waals surface area contributed by atoms with E-state index in [4.69, 9.17) is 4.74 Å². The average Bonchev–Trinajstić information content (AvgIpc) is 3.19. The fraction of sp³-hybridized carbons (Fsp3) is 0.737. The van der Waals surface area contributed by atoms with E-state index in [-0.39, 0.29) is 48.5 Å². The molecule has 11 heteroatoms. The number of sulfonamides is 1. The normalized spacial score (nSPS) is 17.3. The summed E-state index contributed by atoms with van der Waals surface area (Å²) in [6.07, 6.45) is 0.0385. The molecule has 0 aromatic carbocycles. The number of nitrogens with one attached hydrogen (secondary N) is 1. The van der Waals surface area contributed by atoms with Gasteiger partial charge in [-0.2, -0.15) is 4.31 Å². The van der Waals surface area contributed by atoms with Gasteiger partial charge in [0.2, 0.25) is 10.0 Å². The van der Waals surface area contributed by atoms with Gasteiger partial charge in [-0.15, -0.1) is 35.3 Å². The van der Waals surface area contributed by atoms with E-state index in [0.717, 1.165) is 12.5 Å². The third-order valence-electron chi connectivity index (χ3n) is 4.88. The highest BCUT2D eigenvalue weighted by molar-refractivity contribution is 14.0. The van der Waals surface area contributed by atoms with Crippen molar-refractivity contribution in [3.63, 3.8) is 0 Å². The molecule has 2 rings (SSSR count). The molecular weight excluding hydrogens is 537 g/mol. The Hall–Kier alpha value is -0.470. The topological polar surface area (TPSA) is 77.5 Å². The van der Waals surface area contributed by atoms with Crippen LogP contribution in [0, 0.1) is 0 Å². The summed E-state index contributed by atoms with van der Waals surface area (Å²) in [5.41, 5.74) is 0. The Labute approximate surface area is 202 Å². The van der Waals surface area contributed by atoms with Crippen LogP contribution in [0.15, 0.2) is 22.5 Å². The second-order valence-electron chi connectivity index (χ2n) is 7.54. The van der Waals surface area contributed by atoms with E-state index in [9.17, 15) is 8.42 Å². The molecule has 174 valence electrons. The van der Waals surface area contributed by atoms with Crippen molar-refractivity contribution in [1.82, 2.24) is 19.4 Å². The third kappa shape index (κ3) is 8.23. The first-order valence-electron chi connectivity index (χ1n) is 9.99. The highest BCUT2D eigenvalue weighted by Gasteiger charge is 2.28. The Morgan fingerprint density at radius 2 is 1.97 bits per heavy atom. The van der Waals surface area contributed by atoms with Gasteiger partial charge in [-0.1, -0.05) is 6.07 Å². The van der Waals surface area contributed by atoms with Crippen LogP contribution in [0.25, 0.3) is 0 Å². The zero-order valence-electron chi connectivity index (χ0n) is 18.6. The Morgan fingerprint density at radius 1 is 1.30 bits per heavy atom. The number of ether oxygens (including phenoxy) is 1. The van der Waals surface area contributed by atoms with Crippen LogP contribution in [0.3, 0.4) is 0 Å². The summed E-state index contributed by atoms with van der Waals surface area (Å²) >= 11 is 1.75.